The van der Waals surface area contributed by atoms with E-state index in [0.29, 0.717) is 48.4 Å². The number of hydrogen-bond donors (Lipinski definition) is 2. The van der Waals surface area contributed by atoms with Gasteiger partial charge in [0, 0.05) is 25.6 Å². The molecule has 1 atom stereocenters. The van der Waals surface area contributed by atoms with Gasteiger partial charge in [0.25, 0.3) is 0 Å². The first kappa shape index (κ1) is 19.8. The Labute approximate surface area is 160 Å². The van der Waals surface area contributed by atoms with E-state index < -0.39 is 10.0 Å². The predicted molar refractivity (Wildman–Crippen MR) is 104 cm³/mol. The highest BCUT2D eigenvalue weighted by Gasteiger charge is 2.29. The van der Waals surface area contributed by atoms with Gasteiger partial charge in [0.2, 0.25) is 15.9 Å². The van der Waals surface area contributed by atoms with Crippen molar-refractivity contribution >= 4 is 27.3 Å². The number of likely N-dealkylation sites (tertiary alicyclic amines) is 1. The number of hydrogen-bond acceptors (Lipinski definition) is 5. The highest BCUT2D eigenvalue weighted by atomic mass is 32.2. The maximum Gasteiger partial charge on any atom is 0.250 e. The topological polar surface area (TPSA) is 78.5 Å². The van der Waals surface area contributed by atoms with Crippen molar-refractivity contribution in [3.05, 3.63) is 17.5 Å². The van der Waals surface area contributed by atoms with E-state index in [-0.39, 0.29) is 11.9 Å². The fourth-order valence-electron chi connectivity index (χ4n) is 3.93. The van der Waals surface area contributed by atoms with Crippen molar-refractivity contribution in [2.24, 2.45) is 11.8 Å². The van der Waals surface area contributed by atoms with E-state index >= 15 is 0 Å². The number of thiophene rings is 1. The Hall–Kier alpha value is -0.960. The van der Waals surface area contributed by atoms with E-state index in [1.54, 1.807) is 17.5 Å². The van der Waals surface area contributed by atoms with Crippen LogP contribution in [0.25, 0.3) is 0 Å². The molecule has 1 aromatic rings. The number of nitrogens with one attached hydrogen (secondary N) is 2. The fraction of sp³-hybridized carbons (Fsp3) is 0.722. The van der Waals surface area contributed by atoms with Crippen LogP contribution in [0.15, 0.2) is 21.7 Å². The molecule has 0 spiro atoms. The van der Waals surface area contributed by atoms with Crippen LogP contribution in [0.4, 0.5) is 0 Å². The second-order valence-electron chi connectivity index (χ2n) is 7.48. The lowest BCUT2D eigenvalue weighted by atomic mass is 9.84. The van der Waals surface area contributed by atoms with E-state index in [1.165, 1.54) is 11.3 Å². The molecule has 3 heterocycles. The third-order valence-electron chi connectivity index (χ3n) is 5.61. The van der Waals surface area contributed by atoms with Crippen LogP contribution >= 0.6 is 11.3 Å². The minimum absolute atomic E-state index is 0.0898. The van der Waals surface area contributed by atoms with Crippen molar-refractivity contribution in [2.45, 2.75) is 49.3 Å². The molecule has 26 heavy (non-hydrogen) atoms. The molecule has 2 fully saturated rings. The average Bonchev–Trinajstić information content (AvgIpc) is 3.18. The average molecular weight is 400 g/mol. The molecule has 1 amide bonds. The normalized spacial score (nSPS) is 21.7. The minimum Gasteiger partial charge on any atom is -0.343 e. The van der Waals surface area contributed by atoms with Gasteiger partial charge >= 0.3 is 0 Å². The molecule has 0 bridgehead atoms. The summed E-state index contributed by atoms with van der Waals surface area (Å²) in [7, 11) is -3.43. The molecule has 0 saturated carbocycles. The van der Waals surface area contributed by atoms with Crippen LogP contribution in [0.3, 0.4) is 0 Å². The summed E-state index contributed by atoms with van der Waals surface area (Å²) in [6, 6.07) is 3.27. The monoisotopic (exact) mass is 399 g/mol. The molecule has 1 aromatic heterocycles. The van der Waals surface area contributed by atoms with Crippen molar-refractivity contribution in [1.82, 2.24) is 14.9 Å². The summed E-state index contributed by atoms with van der Waals surface area (Å²) >= 11 is 1.22. The maximum absolute atomic E-state index is 12.6. The largest absolute Gasteiger partial charge is 0.343 e. The summed E-state index contributed by atoms with van der Waals surface area (Å²) in [5.41, 5.74) is 0. The first-order chi connectivity index (χ1) is 12.5. The van der Waals surface area contributed by atoms with Crippen LogP contribution in [0.2, 0.25) is 0 Å². The lowest BCUT2D eigenvalue weighted by molar-refractivity contribution is -0.133. The van der Waals surface area contributed by atoms with Gasteiger partial charge in [-0.3, -0.25) is 4.79 Å². The summed E-state index contributed by atoms with van der Waals surface area (Å²) in [4.78, 5) is 14.5. The van der Waals surface area contributed by atoms with E-state index in [4.69, 9.17) is 0 Å². The second kappa shape index (κ2) is 8.82. The van der Waals surface area contributed by atoms with Gasteiger partial charge in [0.15, 0.2) is 0 Å². The van der Waals surface area contributed by atoms with Gasteiger partial charge in [-0.05, 0) is 62.1 Å². The van der Waals surface area contributed by atoms with Crippen LogP contribution in [-0.4, -0.2) is 51.4 Å². The smallest absolute Gasteiger partial charge is 0.250 e. The Balaban J connectivity index is 1.45. The Morgan fingerprint density at radius 3 is 2.62 bits per heavy atom. The quantitative estimate of drug-likeness (QED) is 0.767. The highest BCUT2D eigenvalue weighted by Crippen LogP contribution is 2.26. The van der Waals surface area contributed by atoms with Gasteiger partial charge in [0.1, 0.15) is 4.21 Å². The number of piperidine rings is 2. The number of carbonyl (C=O) groups excluding carboxylic acids is 1. The van der Waals surface area contributed by atoms with E-state index in [0.717, 1.165) is 25.9 Å². The van der Waals surface area contributed by atoms with Gasteiger partial charge in [0.05, 0.1) is 0 Å². The molecule has 3 rings (SSSR count). The minimum atomic E-state index is -3.43. The summed E-state index contributed by atoms with van der Waals surface area (Å²) in [5, 5.41) is 5.13. The Morgan fingerprint density at radius 1 is 1.31 bits per heavy atom. The van der Waals surface area contributed by atoms with E-state index in [2.05, 4.69) is 17.0 Å². The molecule has 2 aliphatic rings. The van der Waals surface area contributed by atoms with Gasteiger partial charge in [-0.1, -0.05) is 13.0 Å². The molecule has 6 nitrogen and oxygen atoms in total. The molecule has 1 unspecified atom stereocenters. The SMILES string of the molecule is CC(CC(=O)N1CCC(NS(=O)(=O)c2cccs2)CC1)C1CCNCC1. The number of carbonyl (C=O) groups is 1. The van der Waals surface area contributed by atoms with E-state index in [9.17, 15) is 13.2 Å². The number of amides is 1. The Morgan fingerprint density at radius 2 is 2.00 bits per heavy atom. The molecule has 2 N–H and O–H groups in total. The number of nitrogens with zero attached hydrogens (tertiary/aromatic N) is 1. The zero-order valence-corrected chi connectivity index (χ0v) is 16.9. The third-order valence-corrected chi connectivity index (χ3v) is 8.53. The summed E-state index contributed by atoms with van der Waals surface area (Å²) in [6.45, 7) is 5.57. The second-order valence-corrected chi connectivity index (χ2v) is 10.4. The number of sulfonamides is 1. The maximum atomic E-state index is 12.6. The first-order valence-electron chi connectivity index (χ1n) is 9.50. The summed E-state index contributed by atoms with van der Waals surface area (Å²) in [5.74, 6) is 1.27. The Kier molecular flexibility index (Phi) is 6.71. The van der Waals surface area contributed by atoms with Crippen LogP contribution in [0.1, 0.15) is 39.0 Å². The van der Waals surface area contributed by atoms with Crippen molar-refractivity contribution < 1.29 is 13.2 Å². The molecule has 2 aliphatic heterocycles. The van der Waals surface area contributed by atoms with Crippen LogP contribution in [0.5, 0.6) is 0 Å². The zero-order valence-electron chi connectivity index (χ0n) is 15.3. The van der Waals surface area contributed by atoms with Crippen LogP contribution < -0.4 is 10.0 Å². The zero-order chi connectivity index (χ0) is 18.6. The predicted octanol–water partition coefficient (Wildman–Crippen LogP) is 2.04. The molecular weight excluding hydrogens is 370 g/mol. The van der Waals surface area contributed by atoms with E-state index in [1.807, 2.05) is 4.90 Å². The summed E-state index contributed by atoms with van der Waals surface area (Å²) < 4.78 is 27.8. The van der Waals surface area contributed by atoms with Gasteiger partial charge in [-0.2, -0.15) is 0 Å². The van der Waals surface area contributed by atoms with Crippen LogP contribution in [0, 0.1) is 11.8 Å². The lowest BCUT2D eigenvalue weighted by Crippen LogP contribution is -2.46. The van der Waals surface area contributed by atoms with Crippen molar-refractivity contribution in [3.63, 3.8) is 0 Å². The van der Waals surface area contributed by atoms with Crippen molar-refractivity contribution in [2.75, 3.05) is 26.2 Å². The van der Waals surface area contributed by atoms with Crippen molar-refractivity contribution in [1.29, 1.82) is 0 Å². The van der Waals surface area contributed by atoms with Gasteiger partial charge in [-0.15, -0.1) is 11.3 Å². The standard InChI is InChI=1S/C18H29N3O3S2/c1-14(15-4-8-19-9-5-15)13-17(22)21-10-6-16(7-11-21)20-26(23,24)18-3-2-12-25-18/h2-3,12,14-16,19-20H,4-11,13H2,1H3. The van der Waals surface area contributed by atoms with Crippen molar-refractivity contribution in [3.8, 4) is 0 Å². The fourth-order valence-corrected chi connectivity index (χ4v) is 6.24. The van der Waals surface area contributed by atoms with Gasteiger partial charge < -0.3 is 10.2 Å². The Bertz CT molecular complexity index is 677. The molecule has 0 radical (unpaired) electrons. The molecule has 0 aromatic carbocycles. The van der Waals surface area contributed by atoms with Gasteiger partial charge in [-0.25, -0.2) is 13.1 Å². The molecular formula is C18H29N3O3S2. The molecule has 0 aliphatic carbocycles. The van der Waals surface area contributed by atoms with Crippen LogP contribution in [-0.2, 0) is 14.8 Å². The molecule has 2 saturated heterocycles. The highest BCUT2D eigenvalue weighted by molar-refractivity contribution is 7.91. The third kappa shape index (κ3) is 5.06. The number of rotatable bonds is 6. The summed E-state index contributed by atoms with van der Waals surface area (Å²) in [6.07, 6.45) is 4.27. The lowest BCUT2D eigenvalue weighted by Gasteiger charge is -2.34. The molecule has 146 valence electrons. The first-order valence-corrected chi connectivity index (χ1v) is 11.9. The molecule has 8 heteroatoms.